The molecule has 0 heterocycles. The second kappa shape index (κ2) is 6.47. The molecule has 1 aliphatic carbocycles. The largest absolute Gasteiger partial charge is 1.00 e. The van der Waals surface area contributed by atoms with Gasteiger partial charge in [0.25, 0.3) is 0 Å². The van der Waals surface area contributed by atoms with Crippen molar-refractivity contribution < 1.29 is 69.3 Å². The molecule has 0 aromatic heterocycles. The van der Waals surface area contributed by atoms with Crippen molar-refractivity contribution in [1.29, 1.82) is 0 Å². The Morgan fingerprint density at radius 1 is 0.722 bits per heavy atom. The zero-order valence-corrected chi connectivity index (χ0v) is 14.8. The Morgan fingerprint density at radius 3 is 1.50 bits per heavy atom. The van der Waals surface area contributed by atoms with Crippen LogP contribution in [0, 0.1) is 0 Å². The van der Waals surface area contributed by atoms with Gasteiger partial charge >= 0.3 is 59.1 Å². The minimum absolute atomic E-state index is 0. The number of aromatic hydroxyl groups is 2. The zero-order chi connectivity index (χ0) is 11.1. The van der Waals surface area contributed by atoms with Crippen LogP contribution in [0.15, 0.2) is 36.4 Å². The normalized spacial score (nSPS) is 12.4. The summed E-state index contributed by atoms with van der Waals surface area (Å²) in [5.41, 5.74) is 1.72. The molecule has 0 radical (unpaired) electrons. The standard InChI is InChI=1S/C14H12O2.2Na/c15-13-9-5-1-2-6-10(9)14(16)12-8-4-3-7-11(12)13;;/h1-6,15-16H,7-8H2;;/q;2*+1. The maximum absolute atomic E-state index is 10.2. The molecule has 0 saturated heterocycles. The third-order valence-electron chi connectivity index (χ3n) is 3.18. The quantitative estimate of drug-likeness (QED) is 0.299. The van der Waals surface area contributed by atoms with E-state index in [9.17, 15) is 10.2 Å². The molecule has 0 atom stereocenters. The van der Waals surface area contributed by atoms with Crippen molar-refractivity contribution in [1.82, 2.24) is 0 Å². The second-order valence-electron chi connectivity index (χ2n) is 4.08. The topological polar surface area (TPSA) is 40.5 Å². The maximum atomic E-state index is 10.2. The van der Waals surface area contributed by atoms with Gasteiger partial charge in [-0.2, -0.15) is 0 Å². The molecule has 1 aliphatic rings. The van der Waals surface area contributed by atoms with Crippen LogP contribution in [0.3, 0.4) is 0 Å². The van der Waals surface area contributed by atoms with E-state index >= 15 is 0 Å². The Balaban J connectivity index is 0.000000810. The van der Waals surface area contributed by atoms with Crippen molar-refractivity contribution in [3.8, 4) is 11.5 Å². The van der Waals surface area contributed by atoms with E-state index in [0.29, 0.717) is 24.3 Å². The molecule has 0 amide bonds. The molecule has 2 N–H and O–H groups in total. The summed E-state index contributed by atoms with van der Waals surface area (Å²) in [7, 11) is 0. The van der Waals surface area contributed by atoms with E-state index in [1.807, 2.05) is 36.4 Å². The second-order valence-corrected chi connectivity index (χ2v) is 4.08. The SMILES string of the molecule is Oc1c2c(c(O)c3ccccc13)CC=CC2.[Na+].[Na+]. The number of allylic oxidation sites excluding steroid dienone is 2. The van der Waals surface area contributed by atoms with Crippen molar-refractivity contribution in [2.45, 2.75) is 12.8 Å². The first kappa shape index (κ1) is 16.1. The predicted molar refractivity (Wildman–Crippen MR) is 63.8 cm³/mol. The Morgan fingerprint density at radius 2 is 1.11 bits per heavy atom. The van der Waals surface area contributed by atoms with E-state index in [1.165, 1.54) is 0 Å². The van der Waals surface area contributed by atoms with Gasteiger partial charge in [0.05, 0.1) is 0 Å². The number of phenols is 2. The Kier molecular flexibility index (Phi) is 5.78. The summed E-state index contributed by atoms with van der Waals surface area (Å²) in [6.07, 6.45) is 5.44. The Bertz CT molecular complexity index is 554. The number of benzene rings is 2. The van der Waals surface area contributed by atoms with Gasteiger partial charge in [-0.1, -0.05) is 36.4 Å². The van der Waals surface area contributed by atoms with Gasteiger partial charge in [0, 0.05) is 21.9 Å². The van der Waals surface area contributed by atoms with Crippen LogP contribution >= 0.6 is 0 Å². The number of phenolic OH excluding ortho intramolecular Hbond substituents is 2. The number of rotatable bonds is 0. The molecule has 4 heteroatoms. The fourth-order valence-electron chi connectivity index (χ4n) is 2.35. The first-order chi connectivity index (χ1) is 7.79. The summed E-state index contributed by atoms with van der Waals surface area (Å²) < 4.78 is 0. The first-order valence-corrected chi connectivity index (χ1v) is 5.38. The first-order valence-electron chi connectivity index (χ1n) is 5.38. The molecular formula is C14H12Na2O2+2. The Labute approximate surface area is 150 Å². The van der Waals surface area contributed by atoms with Gasteiger partial charge in [-0.05, 0) is 12.8 Å². The molecule has 2 aromatic rings. The third kappa shape index (κ3) is 2.51. The van der Waals surface area contributed by atoms with E-state index in [4.69, 9.17) is 0 Å². The van der Waals surface area contributed by atoms with E-state index in [0.717, 1.165) is 21.9 Å². The summed E-state index contributed by atoms with van der Waals surface area (Å²) in [6.45, 7) is 0. The van der Waals surface area contributed by atoms with Crippen LogP contribution in [-0.2, 0) is 12.8 Å². The molecule has 18 heavy (non-hydrogen) atoms. The summed E-state index contributed by atoms with van der Waals surface area (Å²) in [5, 5.41) is 21.8. The summed E-state index contributed by atoms with van der Waals surface area (Å²) in [4.78, 5) is 0. The summed E-state index contributed by atoms with van der Waals surface area (Å²) >= 11 is 0. The van der Waals surface area contributed by atoms with E-state index in [-0.39, 0.29) is 59.1 Å². The van der Waals surface area contributed by atoms with Crippen LogP contribution in [0.5, 0.6) is 11.5 Å². The van der Waals surface area contributed by atoms with Crippen molar-refractivity contribution in [3.63, 3.8) is 0 Å². The molecule has 0 bridgehead atoms. The van der Waals surface area contributed by atoms with Gasteiger partial charge in [0.1, 0.15) is 11.5 Å². The molecule has 0 aliphatic heterocycles. The Hall–Kier alpha value is 0.0400. The minimum atomic E-state index is 0. The predicted octanol–water partition coefficient (Wildman–Crippen LogP) is -3.09. The van der Waals surface area contributed by atoms with Crippen LogP contribution < -0.4 is 59.1 Å². The van der Waals surface area contributed by atoms with Crippen LogP contribution in [0.2, 0.25) is 0 Å². The summed E-state index contributed by atoms with van der Waals surface area (Å²) in [5.74, 6) is 0.625. The molecule has 2 aromatic carbocycles. The molecular weight excluding hydrogens is 246 g/mol. The van der Waals surface area contributed by atoms with Gasteiger partial charge in [0.2, 0.25) is 0 Å². The minimum Gasteiger partial charge on any atom is -0.507 e. The van der Waals surface area contributed by atoms with E-state index in [2.05, 4.69) is 0 Å². The molecule has 2 nitrogen and oxygen atoms in total. The fraction of sp³-hybridized carbons (Fsp3) is 0.143. The van der Waals surface area contributed by atoms with Crippen molar-refractivity contribution in [2.75, 3.05) is 0 Å². The van der Waals surface area contributed by atoms with E-state index < -0.39 is 0 Å². The van der Waals surface area contributed by atoms with Gasteiger partial charge in [-0.25, -0.2) is 0 Å². The fourth-order valence-corrected chi connectivity index (χ4v) is 2.35. The molecule has 0 fully saturated rings. The van der Waals surface area contributed by atoms with Gasteiger partial charge < -0.3 is 10.2 Å². The zero-order valence-electron chi connectivity index (χ0n) is 10.8. The van der Waals surface area contributed by atoms with Crippen LogP contribution in [0.1, 0.15) is 11.1 Å². The van der Waals surface area contributed by atoms with E-state index in [1.54, 1.807) is 0 Å². The molecule has 0 saturated carbocycles. The van der Waals surface area contributed by atoms with Crippen LogP contribution in [0.4, 0.5) is 0 Å². The average Bonchev–Trinajstić information content (AvgIpc) is 2.36. The molecule has 3 rings (SSSR count). The van der Waals surface area contributed by atoms with Crippen LogP contribution in [-0.4, -0.2) is 10.2 Å². The summed E-state index contributed by atoms with van der Waals surface area (Å²) in [6, 6.07) is 7.41. The van der Waals surface area contributed by atoms with Gasteiger partial charge in [-0.15, -0.1) is 0 Å². The number of hydrogen-bond donors (Lipinski definition) is 2. The molecule has 0 spiro atoms. The van der Waals surface area contributed by atoms with Crippen LogP contribution in [0.25, 0.3) is 10.8 Å². The van der Waals surface area contributed by atoms with Gasteiger partial charge in [0.15, 0.2) is 0 Å². The molecule has 0 unspecified atom stereocenters. The number of hydrogen-bond acceptors (Lipinski definition) is 2. The maximum Gasteiger partial charge on any atom is 1.00 e. The van der Waals surface area contributed by atoms with Crippen molar-refractivity contribution in [2.24, 2.45) is 0 Å². The molecule has 80 valence electrons. The van der Waals surface area contributed by atoms with Crippen molar-refractivity contribution in [3.05, 3.63) is 47.5 Å². The smallest absolute Gasteiger partial charge is 0.507 e. The monoisotopic (exact) mass is 258 g/mol. The number of fused-ring (bicyclic) bond motifs is 2. The average molecular weight is 258 g/mol. The third-order valence-corrected chi connectivity index (χ3v) is 3.18. The van der Waals surface area contributed by atoms with Crippen molar-refractivity contribution >= 4 is 10.8 Å². The van der Waals surface area contributed by atoms with Gasteiger partial charge in [-0.3, -0.25) is 0 Å².